The fourth-order valence-corrected chi connectivity index (χ4v) is 2.16. The summed E-state index contributed by atoms with van der Waals surface area (Å²) in [5.41, 5.74) is 0. The number of hydrogen-bond donors (Lipinski definition) is 0. The fraction of sp³-hybridized carbons (Fsp3) is 0.545. The van der Waals surface area contributed by atoms with E-state index in [1.54, 1.807) is 12.4 Å². The summed E-state index contributed by atoms with van der Waals surface area (Å²) in [5, 5.41) is 0.372. The molecule has 1 aromatic heterocycles. The van der Waals surface area contributed by atoms with Crippen molar-refractivity contribution in [3.63, 3.8) is 0 Å². The standard InChI is InChI=1S/C11H14ClN3O2/c1-2-17-11(16)8-3-6-15(7-8)10-9(12)13-4-5-14-10/h4-5,8H,2-3,6-7H2,1H3. The van der Waals surface area contributed by atoms with E-state index in [1.807, 2.05) is 11.8 Å². The molecule has 1 aromatic rings. The molecule has 0 saturated carbocycles. The van der Waals surface area contributed by atoms with Crippen LogP contribution in [0.5, 0.6) is 0 Å². The lowest BCUT2D eigenvalue weighted by Crippen LogP contribution is -2.25. The molecule has 1 unspecified atom stereocenters. The summed E-state index contributed by atoms with van der Waals surface area (Å²) < 4.78 is 5.01. The lowest BCUT2D eigenvalue weighted by atomic mass is 10.1. The maximum atomic E-state index is 11.6. The highest BCUT2D eigenvalue weighted by Gasteiger charge is 2.31. The third kappa shape index (κ3) is 2.66. The molecule has 0 bridgehead atoms. The molecule has 1 atom stereocenters. The minimum absolute atomic E-state index is 0.0898. The lowest BCUT2D eigenvalue weighted by Gasteiger charge is -2.17. The summed E-state index contributed by atoms with van der Waals surface area (Å²) in [6.45, 7) is 3.57. The number of aromatic nitrogens is 2. The van der Waals surface area contributed by atoms with Gasteiger partial charge in [0.25, 0.3) is 0 Å². The molecule has 1 aliphatic heterocycles. The molecule has 0 radical (unpaired) electrons. The Morgan fingerprint density at radius 3 is 3.06 bits per heavy atom. The maximum Gasteiger partial charge on any atom is 0.310 e. The molecule has 2 rings (SSSR count). The van der Waals surface area contributed by atoms with Crippen LogP contribution in [0.2, 0.25) is 5.15 Å². The normalized spacial score (nSPS) is 19.4. The molecule has 1 fully saturated rings. The van der Waals surface area contributed by atoms with Crippen molar-refractivity contribution in [2.24, 2.45) is 5.92 Å². The smallest absolute Gasteiger partial charge is 0.310 e. The zero-order chi connectivity index (χ0) is 12.3. The molecular formula is C11H14ClN3O2. The number of esters is 1. The number of ether oxygens (including phenoxy) is 1. The van der Waals surface area contributed by atoms with Gasteiger partial charge in [0.1, 0.15) is 0 Å². The van der Waals surface area contributed by atoms with Crippen LogP contribution < -0.4 is 4.90 Å². The topological polar surface area (TPSA) is 55.3 Å². The summed E-state index contributed by atoms with van der Waals surface area (Å²) >= 11 is 5.96. The van der Waals surface area contributed by atoms with Gasteiger partial charge in [-0.2, -0.15) is 0 Å². The highest BCUT2D eigenvalue weighted by atomic mass is 35.5. The zero-order valence-corrected chi connectivity index (χ0v) is 10.4. The minimum Gasteiger partial charge on any atom is -0.466 e. The SMILES string of the molecule is CCOC(=O)C1CCN(c2nccnc2Cl)C1. The van der Waals surface area contributed by atoms with Crippen LogP contribution >= 0.6 is 11.6 Å². The molecule has 92 valence electrons. The van der Waals surface area contributed by atoms with Crippen molar-refractivity contribution >= 4 is 23.4 Å². The van der Waals surface area contributed by atoms with Gasteiger partial charge in [0.2, 0.25) is 0 Å². The van der Waals surface area contributed by atoms with Gasteiger partial charge < -0.3 is 9.64 Å². The van der Waals surface area contributed by atoms with Crippen molar-refractivity contribution in [1.29, 1.82) is 0 Å². The van der Waals surface area contributed by atoms with Gasteiger partial charge in [-0.05, 0) is 13.3 Å². The molecule has 5 nitrogen and oxygen atoms in total. The van der Waals surface area contributed by atoms with E-state index in [0.717, 1.165) is 13.0 Å². The van der Waals surface area contributed by atoms with E-state index in [-0.39, 0.29) is 11.9 Å². The highest BCUT2D eigenvalue weighted by molar-refractivity contribution is 6.31. The first-order chi connectivity index (χ1) is 8.22. The number of anilines is 1. The van der Waals surface area contributed by atoms with Crippen LogP contribution in [0.25, 0.3) is 0 Å². The third-order valence-corrected chi connectivity index (χ3v) is 3.01. The number of halogens is 1. The molecule has 0 aromatic carbocycles. The minimum atomic E-state index is -0.144. The van der Waals surface area contributed by atoms with Crippen LogP contribution in [0, 0.1) is 5.92 Å². The predicted octanol–water partition coefficient (Wildman–Crippen LogP) is 1.52. The summed E-state index contributed by atoms with van der Waals surface area (Å²) in [4.78, 5) is 21.7. The van der Waals surface area contributed by atoms with E-state index in [0.29, 0.717) is 24.1 Å². The molecule has 0 aliphatic carbocycles. The van der Waals surface area contributed by atoms with Crippen molar-refractivity contribution in [3.05, 3.63) is 17.5 Å². The molecule has 2 heterocycles. The van der Waals surface area contributed by atoms with E-state index in [4.69, 9.17) is 16.3 Å². The van der Waals surface area contributed by atoms with E-state index < -0.39 is 0 Å². The van der Waals surface area contributed by atoms with Gasteiger partial charge in [-0.1, -0.05) is 11.6 Å². The van der Waals surface area contributed by atoms with Crippen molar-refractivity contribution in [2.45, 2.75) is 13.3 Å². The number of carbonyl (C=O) groups is 1. The van der Waals surface area contributed by atoms with Crippen molar-refractivity contribution in [2.75, 3.05) is 24.6 Å². The molecule has 1 saturated heterocycles. The number of rotatable bonds is 3. The van der Waals surface area contributed by atoms with Crippen molar-refractivity contribution < 1.29 is 9.53 Å². The monoisotopic (exact) mass is 255 g/mol. The Hall–Kier alpha value is -1.36. The first-order valence-electron chi connectivity index (χ1n) is 5.60. The van der Waals surface area contributed by atoms with Gasteiger partial charge in [-0.3, -0.25) is 4.79 Å². The average Bonchev–Trinajstić information content (AvgIpc) is 2.79. The Labute approximate surface area is 105 Å². The first-order valence-corrected chi connectivity index (χ1v) is 5.98. The van der Waals surface area contributed by atoms with Crippen LogP contribution in [0.4, 0.5) is 5.82 Å². The third-order valence-electron chi connectivity index (χ3n) is 2.74. The second-order valence-electron chi connectivity index (χ2n) is 3.85. The maximum absolute atomic E-state index is 11.6. The quantitative estimate of drug-likeness (QED) is 0.767. The van der Waals surface area contributed by atoms with Gasteiger partial charge in [0.05, 0.1) is 12.5 Å². The Morgan fingerprint density at radius 2 is 2.35 bits per heavy atom. The predicted molar refractivity (Wildman–Crippen MR) is 64.0 cm³/mol. The van der Waals surface area contributed by atoms with E-state index in [2.05, 4.69) is 9.97 Å². The average molecular weight is 256 g/mol. The van der Waals surface area contributed by atoms with Crippen LogP contribution in [0.3, 0.4) is 0 Å². The van der Waals surface area contributed by atoms with Gasteiger partial charge in [0.15, 0.2) is 11.0 Å². The zero-order valence-electron chi connectivity index (χ0n) is 9.60. The van der Waals surface area contributed by atoms with E-state index >= 15 is 0 Å². The summed E-state index contributed by atoms with van der Waals surface area (Å²) in [5.74, 6) is 0.406. The molecule has 0 amide bonds. The number of hydrogen-bond acceptors (Lipinski definition) is 5. The van der Waals surface area contributed by atoms with Crippen molar-refractivity contribution in [3.8, 4) is 0 Å². The fourth-order valence-electron chi connectivity index (χ4n) is 1.93. The molecule has 0 N–H and O–H groups in total. The van der Waals surface area contributed by atoms with Crippen LogP contribution in [0.15, 0.2) is 12.4 Å². The number of nitrogens with zero attached hydrogens (tertiary/aromatic N) is 3. The highest BCUT2D eigenvalue weighted by Crippen LogP contribution is 2.27. The van der Waals surface area contributed by atoms with Crippen LogP contribution in [-0.2, 0) is 9.53 Å². The largest absolute Gasteiger partial charge is 0.466 e. The van der Waals surface area contributed by atoms with Gasteiger partial charge in [0, 0.05) is 25.5 Å². The molecular weight excluding hydrogens is 242 g/mol. The summed E-state index contributed by atoms with van der Waals surface area (Å²) in [7, 11) is 0. The first kappa shape index (κ1) is 12.1. The lowest BCUT2D eigenvalue weighted by molar-refractivity contribution is -0.147. The molecule has 0 spiro atoms. The number of carbonyl (C=O) groups excluding carboxylic acids is 1. The van der Waals surface area contributed by atoms with E-state index in [9.17, 15) is 4.79 Å². The van der Waals surface area contributed by atoms with Gasteiger partial charge in [-0.15, -0.1) is 0 Å². The Morgan fingerprint density at radius 1 is 1.59 bits per heavy atom. The summed E-state index contributed by atoms with van der Waals surface area (Å²) in [6, 6.07) is 0. The van der Waals surface area contributed by atoms with Crippen LogP contribution in [-0.4, -0.2) is 35.6 Å². The Bertz CT molecular complexity index is 413. The molecule has 6 heteroatoms. The second kappa shape index (κ2) is 5.31. The molecule has 1 aliphatic rings. The van der Waals surface area contributed by atoms with Gasteiger partial charge in [-0.25, -0.2) is 9.97 Å². The Balaban J connectivity index is 2.03. The van der Waals surface area contributed by atoms with Crippen molar-refractivity contribution in [1.82, 2.24) is 9.97 Å². The molecule has 17 heavy (non-hydrogen) atoms. The summed E-state index contributed by atoms with van der Waals surface area (Å²) in [6.07, 6.45) is 3.91. The Kier molecular flexibility index (Phi) is 3.78. The second-order valence-corrected chi connectivity index (χ2v) is 4.21. The van der Waals surface area contributed by atoms with Crippen LogP contribution in [0.1, 0.15) is 13.3 Å². The van der Waals surface area contributed by atoms with E-state index in [1.165, 1.54) is 0 Å². The van der Waals surface area contributed by atoms with Gasteiger partial charge >= 0.3 is 5.97 Å².